The van der Waals surface area contributed by atoms with E-state index in [-0.39, 0.29) is 11.5 Å². The normalized spacial score (nSPS) is 11.9. The van der Waals surface area contributed by atoms with Gasteiger partial charge in [0.2, 0.25) is 0 Å². The lowest BCUT2D eigenvalue weighted by Gasteiger charge is -2.20. The highest BCUT2D eigenvalue weighted by Crippen LogP contribution is 2.25. The van der Waals surface area contributed by atoms with E-state index in [2.05, 4.69) is 10.1 Å². The second-order valence-corrected chi connectivity index (χ2v) is 6.96. The number of nitrogens with one attached hydrogen (secondary N) is 1. The molecule has 0 saturated carbocycles. The van der Waals surface area contributed by atoms with Gasteiger partial charge in [0.15, 0.2) is 6.10 Å². The Kier molecular flexibility index (Phi) is 6.94. The largest absolute Gasteiger partial charge is 0.448 e. The van der Waals surface area contributed by atoms with Crippen LogP contribution in [0.3, 0.4) is 0 Å². The van der Waals surface area contributed by atoms with E-state index in [9.17, 15) is 14.4 Å². The number of hydrogen-bond acceptors (Lipinski definition) is 8. The van der Waals surface area contributed by atoms with Crippen LogP contribution in [0.2, 0.25) is 0 Å². The standard InChI is InChI=1S/C17H20N4O5S/c1-9(2)13(14(22)20-17(18)24)25-16(23)12-5-4-6-19-15(12)27-8-11-7-10(3)26-21-11/h4-7,9,13H,8H2,1-3H3,(H3,18,20,22,24)/t13-/m0/s1. The van der Waals surface area contributed by atoms with Crippen LogP contribution in [0.1, 0.15) is 35.7 Å². The number of imide groups is 1. The topological polar surface area (TPSA) is 137 Å². The maximum atomic E-state index is 12.6. The number of esters is 1. The summed E-state index contributed by atoms with van der Waals surface area (Å²) < 4.78 is 10.3. The third kappa shape index (κ3) is 5.81. The van der Waals surface area contributed by atoms with Crippen LogP contribution in [-0.4, -0.2) is 34.2 Å². The quantitative estimate of drug-likeness (QED) is 0.539. The van der Waals surface area contributed by atoms with Crippen LogP contribution in [0.25, 0.3) is 0 Å². The van der Waals surface area contributed by atoms with E-state index in [1.165, 1.54) is 11.8 Å². The fraction of sp³-hybridized carbons (Fsp3) is 0.353. The number of carbonyl (C=O) groups is 3. The molecule has 1 atom stereocenters. The smallest absolute Gasteiger partial charge is 0.341 e. The highest BCUT2D eigenvalue weighted by Gasteiger charge is 2.29. The van der Waals surface area contributed by atoms with Gasteiger partial charge in [-0.1, -0.05) is 30.8 Å². The third-order valence-electron chi connectivity index (χ3n) is 3.37. The molecule has 0 radical (unpaired) electrons. The molecule has 0 unspecified atom stereocenters. The maximum absolute atomic E-state index is 12.6. The Morgan fingerprint density at radius 2 is 2.11 bits per heavy atom. The van der Waals surface area contributed by atoms with Crippen molar-refractivity contribution in [1.82, 2.24) is 15.5 Å². The van der Waals surface area contributed by atoms with Crippen molar-refractivity contribution >= 4 is 29.7 Å². The summed E-state index contributed by atoms with van der Waals surface area (Å²) in [5, 5.41) is 6.25. The van der Waals surface area contributed by atoms with Gasteiger partial charge in [0.05, 0.1) is 11.3 Å². The van der Waals surface area contributed by atoms with E-state index >= 15 is 0 Å². The van der Waals surface area contributed by atoms with Crippen molar-refractivity contribution < 1.29 is 23.6 Å². The average Bonchev–Trinajstić information content (AvgIpc) is 3.02. The number of amides is 3. The molecule has 3 N–H and O–H groups in total. The van der Waals surface area contributed by atoms with E-state index in [1.807, 2.05) is 5.32 Å². The lowest BCUT2D eigenvalue weighted by molar-refractivity contribution is -0.130. The van der Waals surface area contributed by atoms with Crippen molar-refractivity contribution in [2.24, 2.45) is 11.7 Å². The molecular weight excluding hydrogens is 372 g/mol. The van der Waals surface area contributed by atoms with Gasteiger partial charge in [-0.05, 0) is 25.0 Å². The molecule has 0 fully saturated rings. The first-order valence-electron chi connectivity index (χ1n) is 8.09. The molecular formula is C17H20N4O5S. The lowest BCUT2D eigenvalue weighted by atomic mass is 10.1. The van der Waals surface area contributed by atoms with Gasteiger partial charge in [0.1, 0.15) is 10.8 Å². The van der Waals surface area contributed by atoms with Crippen LogP contribution in [0.4, 0.5) is 4.79 Å². The Hall–Kier alpha value is -2.88. The number of rotatable bonds is 7. The summed E-state index contributed by atoms with van der Waals surface area (Å²) >= 11 is 1.29. The first-order chi connectivity index (χ1) is 12.8. The molecule has 27 heavy (non-hydrogen) atoms. The fourth-order valence-electron chi connectivity index (χ4n) is 2.15. The van der Waals surface area contributed by atoms with Gasteiger partial charge in [-0.15, -0.1) is 0 Å². The number of urea groups is 1. The van der Waals surface area contributed by atoms with Gasteiger partial charge in [0, 0.05) is 18.0 Å². The highest BCUT2D eigenvalue weighted by atomic mass is 32.2. The van der Waals surface area contributed by atoms with Crippen molar-refractivity contribution in [3.63, 3.8) is 0 Å². The summed E-state index contributed by atoms with van der Waals surface area (Å²) in [7, 11) is 0. The molecule has 0 aromatic carbocycles. The average molecular weight is 392 g/mol. The van der Waals surface area contributed by atoms with E-state index in [0.29, 0.717) is 22.2 Å². The molecule has 0 aliphatic rings. The molecule has 2 aromatic heterocycles. The van der Waals surface area contributed by atoms with Gasteiger partial charge >= 0.3 is 12.0 Å². The van der Waals surface area contributed by atoms with Crippen LogP contribution in [0, 0.1) is 12.8 Å². The summed E-state index contributed by atoms with van der Waals surface area (Å²) in [6.07, 6.45) is 0.383. The first kappa shape index (κ1) is 20.4. The summed E-state index contributed by atoms with van der Waals surface area (Å²) in [6, 6.07) is 3.92. The minimum Gasteiger partial charge on any atom is -0.448 e. The minimum absolute atomic E-state index is 0.209. The summed E-state index contributed by atoms with van der Waals surface area (Å²) in [6.45, 7) is 5.16. The van der Waals surface area contributed by atoms with Gasteiger partial charge in [-0.25, -0.2) is 14.6 Å². The Balaban J connectivity index is 2.12. The zero-order valence-electron chi connectivity index (χ0n) is 15.1. The number of nitrogens with zero attached hydrogens (tertiary/aromatic N) is 2. The zero-order chi connectivity index (χ0) is 20.0. The molecule has 0 aliphatic heterocycles. The van der Waals surface area contributed by atoms with Crippen molar-refractivity contribution in [3.8, 4) is 0 Å². The number of pyridine rings is 1. The molecule has 2 rings (SSSR count). The fourth-order valence-corrected chi connectivity index (χ4v) is 3.02. The van der Waals surface area contributed by atoms with E-state index in [1.54, 1.807) is 45.2 Å². The Morgan fingerprint density at radius 3 is 2.70 bits per heavy atom. The minimum atomic E-state index is -1.17. The SMILES string of the molecule is Cc1cc(CSc2ncccc2C(=O)O[C@H](C(=O)NC(N)=O)C(C)C)no1. The number of hydrogen-bond donors (Lipinski definition) is 2. The molecule has 3 amide bonds. The number of nitrogens with two attached hydrogens (primary N) is 1. The van der Waals surface area contributed by atoms with Gasteiger partial charge < -0.3 is 15.0 Å². The molecule has 2 heterocycles. The summed E-state index contributed by atoms with van der Waals surface area (Å²) in [5.41, 5.74) is 5.88. The second kappa shape index (κ2) is 9.17. The highest BCUT2D eigenvalue weighted by molar-refractivity contribution is 7.98. The molecule has 0 spiro atoms. The van der Waals surface area contributed by atoms with Crippen LogP contribution in [-0.2, 0) is 15.3 Å². The van der Waals surface area contributed by atoms with Crippen LogP contribution in [0.15, 0.2) is 33.9 Å². The Bertz CT molecular complexity index is 836. The van der Waals surface area contributed by atoms with Crippen molar-refractivity contribution in [2.75, 3.05) is 0 Å². The van der Waals surface area contributed by atoms with Crippen LogP contribution in [0.5, 0.6) is 0 Å². The molecule has 10 heteroatoms. The Morgan fingerprint density at radius 1 is 1.37 bits per heavy atom. The van der Waals surface area contributed by atoms with Crippen LogP contribution >= 0.6 is 11.8 Å². The van der Waals surface area contributed by atoms with Gasteiger partial charge in [0.25, 0.3) is 5.91 Å². The van der Waals surface area contributed by atoms with E-state index in [4.69, 9.17) is 15.0 Å². The lowest BCUT2D eigenvalue weighted by Crippen LogP contribution is -2.45. The summed E-state index contributed by atoms with van der Waals surface area (Å²) in [5.74, 6) is -0.724. The molecule has 0 bridgehead atoms. The van der Waals surface area contributed by atoms with Crippen molar-refractivity contribution in [3.05, 3.63) is 41.4 Å². The number of thioether (sulfide) groups is 1. The summed E-state index contributed by atoms with van der Waals surface area (Å²) in [4.78, 5) is 39.7. The van der Waals surface area contributed by atoms with Gasteiger partial charge in [-0.3, -0.25) is 10.1 Å². The Labute approximate surface area is 160 Å². The predicted molar refractivity (Wildman–Crippen MR) is 96.8 cm³/mol. The molecule has 2 aromatic rings. The van der Waals surface area contributed by atoms with E-state index in [0.717, 1.165) is 0 Å². The number of carbonyl (C=O) groups excluding carboxylic acids is 3. The first-order valence-corrected chi connectivity index (χ1v) is 9.07. The number of ether oxygens (including phenoxy) is 1. The maximum Gasteiger partial charge on any atom is 0.341 e. The molecule has 144 valence electrons. The van der Waals surface area contributed by atoms with Crippen molar-refractivity contribution in [2.45, 2.75) is 37.7 Å². The molecule has 9 nitrogen and oxygen atoms in total. The number of aryl methyl sites for hydroxylation is 1. The van der Waals surface area contributed by atoms with E-state index < -0.39 is 24.0 Å². The molecule has 0 aliphatic carbocycles. The predicted octanol–water partition coefficient (Wildman–Crippen LogP) is 2.05. The van der Waals surface area contributed by atoms with Crippen molar-refractivity contribution in [1.29, 1.82) is 0 Å². The van der Waals surface area contributed by atoms with Crippen LogP contribution < -0.4 is 11.1 Å². The zero-order valence-corrected chi connectivity index (χ0v) is 15.9. The monoisotopic (exact) mass is 392 g/mol. The number of primary amides is 1. The third-order valence-corrected chi connectivity index (χ3v) is 4.41. The number of aromatic nitrogens is 2. The second-order valence-electron chi connectivity index (χ2n) is 6.00. The van der Waals surface area contributed by atoms with Gasteiger partial charge in [-0.2, -0.15) is 0 Å². The molecule has 0 saturated heterocycles.